The number of carbonyl (C=O) groups is 1. The first-order valence-corrected chi connectivity index (χ1v) is 8.18. The number of carbonyl (C=O) groups excluding carboxylic acids is 1. The van der Waals surface area contributed by atoms with Gasteiger partial charge >= 0.3 is 0 Å². The summed E-state index contributed by atoms with van der Waals surface area (Å²) in [6.07, 6.45) is 3.65. The molecule has 0 atom stereocenters. The van der Waals surface area contributed by atoms with Crippen LogP contribution in [0.2, 0.25) is 0 Å². The second-order valence-electron chi connectivity index (χ2n) is 5.62. The molecule has 1 aliphatic heterocycles. The fourth-order valence-electron chi connectivity index (χ4n) is 2.54. The smallest absolute Gasteiger partial charge is 0.263 e. The Bertz CT molecular complexity index is 568. The monoisotopic (exact) mass is 312 g/mol. The van der Waals surface area contributed by atoms with E-state index in [9.17, 15) is 10.1 Å². The summed E-state index contributed by atoms with van der Waals surface area (Å²) in [7, 11) is 0. The third-order valence-corrected chi connectivity index (χ3v) is 3.93. The zero-order chi connectivity index (χ0) is 16.5. The lowest BCUT2D eigenvalue weighted by Gasteiger charge is -2.35. The Morgan fingerprint density at radius 2 is 1.96 bits per heavy atom. The van der Waals surface area contributed by atoms with Gasteiger partial charge in [-0.3, -0.25) is 4.79 Å². The second kappa shape index (κ2) is 8.84. The molecule has 1 fully saturated rings. The summed E-state index contributed by atoms with van der Waals surface area (Å²) >= 11 is 0. The number of amides is 1. The van der Waals surface area contributed by atoms with Crippen LogP contribution in [0.5, 0.6) is 0 Å². The molecule has 23 heavy (non-hydrogen) atoms. The van der Waals surface area contributed by atoms with Crippen LogP contribution in [0.4, 0.5) is 5.69 Å². The van der Waals surface area contributed by atoms with Crippen LogP contribution < -0.4 is 10.2 Å². The van der Waals surface area contributed by atoms with E-state index in [1.807, 2.05) is 24.3 Å². The highest BCUT2D eigenvalue weighted by atomic mass is 16.1. The van der Waals surface area contributed by atoms with Crippen LogP contribution >= 0.6 is 0 Å². The van der Waals surface area contributed by atoms with E-state index in [4.69, 9.17) is 0 Å². The Morgan fingerprint density at radius 3 is 2.57 bits per heavy atom. The Kier molecular flexibility index (Phi) is 6.49. The number of nitrogens with one attached hydrogen (secondary N) is 1. The molecule has 0 unspecified atom stereocenters. The van der Waals surface area contributed by atoms with Crippen molar-refractivity contribution < 1.29 is 4.79 Å². The standard InChI is InChI=1S/C18H24N4O/c1-2-3-9-20-18(23)16(14-19)15-21-10-12-22(13-11-21)17-7-5-4-6-8-17/h4-8,15H,2-3,9-13H2,1H3,(H,20,23)/b16-15+. The molecule has 1 aromatic rings. The summed E-state index contributed by atoms with van der Waals surface area (Å²) in [4.78, 5) is 16.3. The first kappa shape index (κ1) is 16.9. The Hall–Kier alpha value is -2.48. The molecule has 2 rings (SSSR count). The molecule has 1 saturated heterocycles. The number of rotatable bonds is 6. The number of anilines is 1. The van der Waals surface area contributed by atoms with Crippen molar-refractivity contribution in [3.63, 3.8) is 0 Å². The van der Waals surface area contributed by atoms with E-state index in [1.165, 1.54) is 5.69 Å². The van der Waals surface area contributed by atoms with Gasteiger partial charge in [-0.1, -0.05) is 31.5 Å². The van der Waals surface area contributed by atoms with Crippen LogP contribution in [0.1, 0.15) is 19.8 Å². The number of unbranched alkanes of at least 4 members (excludes halogenated alkanes) is 1. The summed E-state index contributed by atoms with van der Waals surface area (Å²) < 4.78 is 0. The molecular weight excluding hydrogens is 288 g/mol. The minimum Gasteiger partial charge on any atom is -0.373 e. The van der Waals surface area contributed by atoms with Gasteiger partial charge < -0.3 is 15.1 Å². The molecule has 1 aliphatic rings. The number of benzene rings is 1. The van der Waals surface area contributed by atoms with E-state index in [0.29, 0.717) is 6.54 Å². The molecule has 1 amide bonds. The summed E-state index contributed by atoms with van der Waals surface area (Å²) in [6.45, 7) is 6.08. The first-order valence-electron chi connectivity index (χ1n) is 8.18. The predicted molar refractivity (Wildman–Crippen MR) is 91.8 cm³/mol. The van der Waals surface area contributed by atoms with Crippen LogP contribution in [0.15, 0.2) is 42.1 Å². The number of nitriles is 1. The molecule has 0 aliphatic carbocycles. The van der Waals surface area contributed by atoms with Gasteiger partial charge in [0.05, 0.1) is 0 Å². The predicted octanol–water partition coefficient (Wildman–Crippen LogP) is 2.13. The average Bonchev–Trinajstić information content (AvgIpc) is 2.61. The van der Waals surface area contributed by atoms with Crippen LogP contribution in [0.25, 0.3) is 0 Å². The van der Waals surface area contributed by atoms with Crippen LogP contribution in [0, 0.1) is 11.3 Å². The van der Waals surface area contributed by atoms with Gasteiger partial charge in [0.15, 0.2) is 0 Å². The molecule has 1 heterocycles. The SMILES string of the molecule is CCCCNC(=O)/C(C#N)=C/N1CCN(c2ccccc2)CC1. The van der Waals surface area contributed by atoms with Crippen molar-refractivity contribution in [2.24, 2.45) is 0 Å². The Balaban J connectivity index is 1.88. The van der Waals surface area contributed by atoms with Crippen LogP contribution in [-0.4, -0.2) is 43.5 Å². The maximum absolute atomic E-state index is 12.0. The quantitative estimate of drug-likeness (QED) is 0.497. The summed E-state index contributed by atoms with van der Waals surface area (Å²) in [5.41, 5.74) is 1.41. The van der Waals surface area contributed by atoms with Crippen molar-refractivity contribution in [3.05, 3.63) is 42.1 Å². The van der Waals surface area contributed by atoms with Crippen molar-refractivity contribution in [2.75, 3.05) is 37.6 Å². The number of hydrogen-bond acceptors (Lipinski definition) is 4. The molecule has 0 aromatic heterocycles. The molecule has 0 radical (unpaired) electrons. The number of hydrogen-bond donors (Lipinski definition) is 1. The van der Waals surface area contributed by atoms with E-state index in [-0.39, 0.29) is 11.5 Å². The lowest BCUT2D eigenvalue weighted by molar-refractivity contribution is -0.117. The summed E-state index contributed by atoms with van der Waals surface area (Å²) in [6, 6.07) is 12.3. The van der Waals surface area contributed by atoms with Gasteiger partial charge in [-0.15, -0.1) is 0 Å². The lowest BCUT2D eigenvalue weighted by Crippen LogP contribution is -2.44. The highest BCUT2D eigenvalue weighted by molar-refractivity contribution is 5.97. The molecular formula is C18H24N4O. The van der Waals surface area contributed by atoms with Crippen molar-refractivity contribution >= 4 is 11.6 Å². The molecule has 1 N–H and O–H groups in total. The van der Waals surface area contributed by atoms with E-state index in [1.54, 1.807) is 6.20 Å². The van der Waals surface area contributed by atoms with E-state index in [0.717, 1.165) is 39.0 Å². The lowest BCUT2D eigenvalue weighted by atomic mass is 10.2. The largest absolute Gasteiger partial charge is 0.373 e. The molecule has 0 saturated carbocycles. The van der Waals surface area contributed by atoms with Gasteiger partial charge in [-0.2, -0.15) is 5.26 Å². The summed E-state index contributed by atoms with van der Waals surface area (Å²) in [5.74, 6) is -0.272. The molecule has 0 bridgehead atoms. The maximum Gasteiger partial charge on any atom is 0.263 e. The van der Waals surface area contributed by atoms with Crippen molar-refractivity contribution in [3.8, 4) is 6.07 Å². The second-order valence-corrected chi connectivity index (χ2v) is 5.62. The van der Waals surface area contributed by atoms with Crippen LogP contribution in [0.3, 0.4) is 0 Å². The van der Waals surface area contributed by atoms with Gasteiger partial charge in [-0.05, 0) is 18.6 Å². The van der Waals surface area contributed by atoms with Crippen molar-refractivity contribution in [2.45, 2.75) is 19.8 Å². The first-order chi connectivity index (χ1) is 11.2. The molecule has 5 nitrogen and oxygen atoms in total. The van der Waals surface area contributed by atoms with E-state index >= 15 is 0 Å². The number of nitrogens with zero attached hydrogens (tertiary/aromatic N) is 3. The van der Waals surface area contributed by atoms with Crippen molar-refractivity contribution in [1.29, 1.82) is 5.26 Å². The maximum atomic E-state index is 12.0. The fraction of sp³-hybridized carbons (Fsp3) is 0.444. The molecule has 5 heteroatoms. The fourth-order valence-corrected chi connectivity index (χ4v) is 2.54. The topological polar surface area (TPSA) is 59.4 Å². The van der Waals surface area contributed by atoms with Gasteiger partial charge in [0.2, 0.25) is 0 Å². The molecule has 0 spiro atoms. The normalized spacial score (nSPS) is 15.2. The third-order valence-electron chi connectivity index (χ3n) is 3.93. The summed E-state index contributed by atoms with van der Waals surface area (Å²) in [5, 5.41) is 12.0. The number of piperazine rings is 1. The molecule has 122 valence electrons. The van der Waals surface area contributed by atoms with Gasteiger partial charge in [0.1, 0.15) is 11.6 Å². The Morgan fingerprint density at radius 1 is 1.26 bits per heavy atom. The van der Waals surface area contributed by atoms with Gasteiger partial charge in [-0.25, -0.2) is 0 Å². The van der Waals surface area contributed by atoms with Crippen LogP contribution in [-0.2, 0) is 4.79 Å². The van der Waals surface area contributed by atoms with E-state index in [2.05, 4.69) is 34.2 Å². The Labute approximate surface area is 138 Å². The minimum atomic E-state index is -0.272. The number of para-hydroxylation sites is 1. The zero-order valence-corrected chi connectivity index (χ0v) is 13.7. The van der Waals surface area contributed by atoms with Gasteiger partial charge in [0.25, 0.3) is 5.91 Å². The minimum absolute atomic E-state index is 0.189. The average molecular weight is 312 g/mol. The highest BCUT2D eigenvalue weighted by Gasteiger charge is 2.17. The van der Waals surface area contributed by atoms with Crippen molar-refractivity contribution in [1.82, 2.24) is 10.2 Å². The van der Waals surface area contributed by atoms with Gasteiger partial charge in [0, 0.05) is 44.6 Å². The third kappa shape index (κ3) is 5.03. The van der Waals surface area contributed by atoms with E-state index < -0.39 is 0 Å². The zero-order valence-electron chi connectivity index (χ0n) is 13.7. The highest BCUT2D eigenvalue weighted by Crippen LogP contribution is 2.16. The molecule has 1 aromatic carbocycles.